The number of rotatable bonds is 4. The van der Waals surface area contributed by atoms with Crippen molar-refractivity contribution >= 4 is 29.2 Å². The molecule has 6 nitrogen and oxygen atoms in total. The second-order valence-corrected chi connectivity index (χ2v) is 6.60. The maximum atomic E-state index is 6.16. The van der Waals surface area contributed by atoms with E-state index in [-0.39, 0.29) is 11.9 Å². The third-order valence-corrected chi connectivity index (χ3v) is 4.49. The molecular formula is C21H18ClN5O. The van der Waals surface area contributed by atoms with E-state index in [2.05, 4.69) is 9.98 Å². The van der Waals surface area contributed by atoms with Gasteiger partial charge in [0.2, 0.25) is 11.9 Å². The van der Waals surface area contributed by atoms with E-state index >= 15 is 0 Å². The summed E-state index contributed by atoms with van der Waals surface area (Å²) in [6.45, 7) is 0. The highest BCUT2D eigenvalue weighted by molar-refractivity contribution is 6.30. The lowest BCUT2D eigenvalue weighted by molar-refractivity contribution is 0.482. The Hall–Kier alpha value is -3.51. The smallest absolute Gasteiger partial charge is 0.221 e. The molecule has 0 amide bonds. The molecule has 1 aliphatic rings. The van der Waals surface area contributed by atoms with Crippen molar-refractivity contribution in [2.75, 3.05) is 4.90 Å². The van der Waals surface area contributed by atoms with Crippen LogP contribution in [0.5, 0.6) is 11.5 Å². The maximum Gasteiger partial charge on any atom is 0.221 e. The van der Waals surface area contributed by atoms with Crippen molar-refractivity contribution in [1.82, 2.24) is 0 Å². The molecule has 0 aromatic heterocycles. The summed E-state index contributed by atoms with van der Waals surface area (Å²) in [7, 11) is 0. The van der Waals surface area contributed by atoms with Gasteiger partial charge in [-0.25, -0.2) is 4.99 Å². The summed E-state index contributed by atoms with van der Waals surface area (Å²) in [5.41, 5.74) is 13.7. The van der Waals surface area contributed by atoms with E-state index in [0.29, 0.717) is 5.02 Å². The van der Waals surface area contributed by atoms with Gasteiger partial charge < -0.3 is 16.2 Å². The number of aliphatic imine (C=N–C) groups is 2. The Morgan fingerprint density at radius 1 is 0.821 bits per heavy atom. The molecule has 1 heterocycles. The van der Waals surface area contributed by atoms with Crippen molar-refractivity contribution < 1.29 is 4.74 Å². The zero-order valence-electron chi connectivity index (χ0n) is 14.9. The SMILES string of the molecule is NC1=N[C@H](c2ccc(Oc3ccccc3)cc2)N(c2ccc(Cl)cc2)C(N)=N1. The highest BCUT2D eigenvalue weighted by atomic mass is 35.5. The van der Waals surface area contributed by atoms with Gasteiger partial charge in [-0.2, -0.15) is 4.99 Å². The lowest BCUT2D eigenvalue weighted by Crippen LogP contribution is -2.44. The van der Waals surface area contributed by atoms with E-state index in [9.17, 15) is 0 Å². The normalized spacial score (nSPS) is 16.3. The molecule has 0 bridgehead atoms. The lowest BCUT2D eigenvalue weighted by Gasteiger charge is -2.32. The summed E-state index contributed by atoms with van der Waals surface area (Å²) in [6.07, 6.45) is -0.440. The second-order valence-electron chi connectivity index (χ2n) is 6.16. The van der Waals surface area contributed by atoms with Crippen molar-refractivity contribution in [3.05, 3.63) is 89.4 Å². The predicted molar refractivity (Wildman–Crippen MR) is 113 cm³/mol. The Kier molecular flexibility index (Phi) is 4.87. The molecule has 0 radical (unpaired) electrons. The van der Waals surface area contributed by atoms with Crippen LogP contribution in [-0.2, 0) is 0 Å². The van der Waals surface area contributed by atoms with Gasteiger partial charge in [0.05, 0.1) is 0 Å². The first kappa shape index (κ1) is 17.9. The first-order chi connectivity index (χ1) is 13.6. The van der Waals surface area contributed by atoms with Crippen molar-refractivity contribution in [3.63, 3.8) is 0 Å². The van der Waals surface area contributed by atoms with Crippen LogP contribution in [0.25, 0.3) is 0 Å². The minimum Gasteiger partial charge on any atom is -0.457 e. The van der Waals surface area contributed by atoms with Gasteiger partial charge in [-0.3, -0.25) is 4.90 Å². The molecule has 3 aromatic carbocycles. The van der Waals surface area contributed by atoms with Crippen molar-refractivity contribution in [2.45, 2.75) is 6.17 Å². The third-order valence-electron chi connectivity index (χ3n) is 4.24. The first-order valence-electron chi connectivity index (χ1n) is 8.65. The van der Waals surface area contributed by atoms with E-state index in [0.717, 1.165) is 22.7 Å². The molecule has 4 N–H and O–H groups in total. The number of halogens is 1. The van der Waals surface area contributed by atoms with Crippen LogP contribution in [0.4, 0.5) is 5.69 Å². The Morgan fingerprint density at radius 3 is 2.14 bits per heavy atom. The molecule has 1 atom stereocenters. The molecular weight excluding hydrogens is 374 g/mol. The van der Waals surface area contributed by atoms with E-state index in [1.165, 1.54) is 0 Å². The Balaban J connectivity index is 1.63. The van der Waals surface area contributed by atoms with Crippen LogP contribution >= 0.6 is 11.6 Å². The molecule has 7 heteroatoms. The fourth-order valence-electron chi connectivity index (χ4n) is 2.94. The summed E-state index contributed by atoms with van der Waals surface area (Å²) in [5.74, 6) is 1.90. The van der Waals surface area contributed by atoms with Crippen LogP contribution in [0.2, 0.25) is 5.02 Å². The molecule has 0 spiro atoms. The second kappa shape index (κ2) is 7.62. The van der Waals surface area contributed by atoms with Crippen LogP contribution < -0.4 is 21.1 Å². The number of nitrogens with two attached hydrogens (primary N) is 2. The number of anilines is 1. The minimum atomic E-state index is -0.440. The first-order valence-corrected chi connectivity index (χ1v) is 9.03. The fourth-order valence-corrected chi connectivity index (χ4v) is 3.07. The van der Waals surface area contributed by atoms with Crippen LogP contribution in [0.3, 0.4) is 0 Å². The number of benzene rings is 3. The van der Waals surface area contributed by atoms with Crippen LogP contribution in [0.15, 0.2) is 88.8 Å². The summed E-state index contributed by atoms with van der Waals surface area (Å²) >= 11 is 6.01. The summed E-state index contributed by atoms with van der Waals surface area (Å²) in [4.78, 5) is 10.4. The number of nitrogens with zero attached hydrogens (tertiary/aromatic N) is 3. The standard InChI is InChI=1S/C21H18ClN5O/c22-15-8-10-16(11-9-15)27-19(25-20(23)26-21(27)24)14-6-12-18(13-7-14)28-17-4-2-1-3-5-17/h1-13,19H,(H4,23,24,25,26)/t19-/m0/s1. The summed E-state index contributed by atoms with van der Waals surface area (Å²) in [6, 6.07) is 24.5. The van der Waals surface area contributed by atoms with Gasteiger partial charge in [-0.15, -0.1) is 0 Å². The highest BCUT2D eigenvalue weighted by Crippen LogP contribution is 2.32. The topological polar surface area (TPSA) is 89.2 Å². The average molecular weight is 392 g/mol. The highest BCUT2D eigenvalue weighted by Gasteiger charge is 2.27. The van der Waals surface area contributed by atoms with Gasteiger partial charge >= 0.3 is 0 Å². The van der Waals surface area contributed by atoms with Gasteiger partial charge in [0, 0.05) is 10.7 Å². The number of hydrogen-bond acceptors (Lipinski definition) is 6. The van der Waals surface area contributed by atoms with Crippen LogP contribution in [0.1, 0.15) is 11.7 Å². The van der Waals surface area contributed by atoms with Crippen LogP contribution in [-0.4, -0.2) is 11.9 Å². The van der Waals surface area contributed by atoms with Gasteiger partial charge in [0.15, 0.2) is 6.17 Å². The van der Waals surface area contributed by atoms with Crippen molar-refractivity contribution in [1.29, 1.82) is 0 Å². The molecule has 0 fully saturated rings. The largest absolute Gasteiger partial charge is 0.457 e. The average Bonchev–Trinajstić information content (AvgIpc) is 2.70. The molecule has 0 unspecified atom stereocenters. The zero-order chi connectivity index (χ0) is 19.5. The van der Waals surface area contributed by atoms with Gasteiger partial charge in [-0.05, 0) is 54.1 Å². The minimum absolute atomic E-state index is 0.136. The predicted octanol–water partition coefficient (Wildman–Crippen LogP) is 4.28. The Labute approximate surface area is 167 Å². The van der Waals surface area contributed by atoms with Crippen LogP contribution in [0, 0.1) is 0 Å². The number of guanidine groups is 2. The summed E-state index contributed by atoms with van der Waals surface area (Å²) < 4.78 is 5.85. The number of para-hydroxylation sites is 1. The molecule has 4 rings (SSSR count). The van der Waals surface area contributed by atoms with Crippen molar-refractivity contribution in [3.8, 4) is 11.5 Å². The lowest BCUT2D eigenvalue weighted by atomic mass is 10.1. The molecule has 140 valence electrons. The molecule has 0 saturated heterocycles. The maximum absolute atomic E-state index is 6.16. The Morgan fingerprint density at radius 2 is 1.46 bits per heavy atom. The molecule has 0 aliphatic carbocycles. The van der Waals surface area contributed by atoms with Crippen molar-refractivity contribution in [2.24, 2.45) is 21.5 Å². The molecule has 0 saturated carbocycles. The quantitative estimate of drug-likeness (QED) is 0.694. The fraction of sp³-hybridized carbons (Fsp3) is 0.0476. The monoisotopic (exact) mass is 391 g/mol. The Bertz CT molecular complexity index is 1020. The van der Waals surface area contributed by atoms with E-state index in [1.54, 1.807) is 17.0 Å². The van der Waals surface area contributed by atoms with Gasteiger partial charge in [0.25, 0.3) is 0 Å². The molecule has 28 heavy (non-hydrogen) atoms. The third kappa shape index (κ3) is 3.77. The van der Waals surface area contributed by atoms with E-state index in [4.69, 9.17) is 27.8 Å². The number of ether oxygens (including phenoxy) is 1. The van der Waals surface area contributed by atoms with E-state index < -0.39 is 6.17 Å². The number of hydrogen-bond donors (Lipinski definition) is 2. The van der Waals surface area contributed by atoms with E-state index in [1.807, 2.05) is 66.7 Å². The zero-order valence-corrected chi connectivity index (χ0v) is 15.6. The summed E-state index contributed by atoms with van der Waals surface area (Å²) in [5, 5.41) is 0.637. The van der Waals surface area contributed by atoms with Gasteiger partial charge in [0.1, 0.15) is 11.5 Å². The molecule has 3 aromatic rings. The molecule has 1 aliphatic heterocycles. The van der Waals surface area contributed by atoms with Gasteiger partial charge in [-0.1, -0.05) is 41.9 Å².